The summed E-state index contributed by atoms with van der Waals surface area (Å²) in [4.78, 5) is 23.5. The van der Waals surface area contributed by atoms with Crippen molar-refractivity contribution in [2.45, 2.75) is 51.3 Å². The van der Waals surface area contributed by atoms with Crippen molar-refractivity contribution in [2.24, 2.45) is 11.3 Å². The van der Waals surface area contributed by atoms with Crippen LogP contribution in [-0.4, -0.2) is 31.1 Å². The van der Waals surface area contributed by atoms with Crippen LogP contribution in [0.1, 0.15) is 55.8 Å². The van der Waals surface area contributed by atoms with Crippen molar-refractivity contribution in [3.05, 3.63) is 52.9 Å². The SMILES string of the molecule is CC1(C)CC(O)(c2ncc(-c3cc(Nc4nccc(C(F)(F)F)n4)cc(C(F)F)c3)s2)CCC1C(=O)O. The van der Waals surface area contributed by atoms with Crippen molar-refractivity contribution >= 4 is 28.9 Å². The summed E-state index contributed by atoms with van der Waals surface area (Å²) >= 11 is 1.08. The highest BCUT2D eigenvalue weighted by Crippen LogP contribution is 2.51. The highest BCUT2D eigenvalue weighted by Gasteiger charge is 2.49. The molecule has 37 heavy (non-hydrogen) atoms. The molecule has 3 N–H and O–H groups in total. The molecule has 1 saturated carbocycles. The van der Waals surface area contributed by atoms with Gasteiger partial charge in [-0.25, -0.2) is 23.7 Å². The first-order valence-corrected chi connectivity index (χ1v) is 12.0. The van der Waals surface area contributed by atoms with Crippen LogP contribution >= 0.6 is 11.3 Å². The van der Waals surface area contributed by atoms with Crippen LogP contribution < -0.4 is 5.32 Å². The second-order valence-corrected chi connectivity index (χ2v) is 10.7. The summed E-state index contributed by atoms with van der Waals surface area (Å²) in [5, 5.41) is 23.7. The van der Waals surface area contributed by atoms with Gasteiger partial charge in [0.1, 0.15) is 16.3 Å². The maximum atomic E-state index is 13.6. The number of nitrogens with zero attached hydrogens (tertiary/aromatic N) is 3. The molecule has 0 radical (unpaired) electrons. The fraction of sp³-hybridized carbons (Fsp3) is 0.417. The predicted molar refractivity (Wildman–Crippen MR) is 125 cm³/mol. The molecule has 1 fully saturated rings. The van der Waals surface area contributed by atoms with Gasteiger partial charge in [0, 0.05) is 23.6 Å². The summed E-state index contributed by atoms with van der Waals surface area (Å²) in [7, 11) is 0. The van der Waals surface area contributed by atoms with Crippen LogP contribution in [0.15, 0.2) is 36.7 Å². The van der Waals surface area contributed by atoms with E-state index in [0.717, 1.165) is 23.6 Å². The van der Waals surface area contributed by atoms with Gasteiger partial charge in [0.05, 0.1) is 10.8 Å². The highest BCUT2D eigenvalue weighted by atomic mass is 32.1. The molecule has 0 spiro atoms. The number of nitrogens with one attached hydrogen (secondary N) is 1. The van der Waals surface area contributed by atoms with Crippen molar-refractivity contribution < 1.29 is 37.0 Å². The number of thiazole rings is 1. The Kier molecular flexibility index (Phi) is 6.97. The van der Waals surface area contributed by atoms with Gasteiger partial charge < -0.3 is 15.5 Å². The lowest BCUT2D eigenvalue weighted by molar-refractivity contribution is -0.154. The van der Waals surface area contributed by atoms with Crippen molar-refractivity contribution in [3.63, 3.8) is 0 Å². The minimum atomic E-state index is -4.70. The molecular weight excluding hydrogens is 519 g/mol. The van der Waals surface area contributed by atoms with E-state index in [1.807, 2.05) is 0 Å². The molecule has 1 aromatic carbocycles. The number of aliphatic hydroxyl groups is 1. The summed E-state index contributed by atoms with van der Waals surface area (Å²) in [5.74, 6) is -1.97. The minimum Gasteiger partial charge on any atom is -0.481 e. The second kappa shape index (κ2) is 9.60. The third-order valence-electron chi connectivity index (χ3n) is 6.43. The number of carboxylic acids is 1. The molecule has 13 heteroatoms. The van der Waals surface area contributed by atoms with Crippen molar-refractivity contribution in [1.82, 2.24) is 15.0 Å². The minimum absolute atomic E-state index is 0.0453. The van der Waals surface area contributed by atoms with Crippen LogP contribution in [-0.2, 0) is 16.6 Å². The molecule has 2 aromatic heterocycles. The standard InChI is InChI=1S/C24H23F5N4O3S/c1-22(2)11-23(36,5-3-15(22)19(34)35)20-31-10-16(37-20)12-7-13(18(25)26)9-14(8-12)32-21-30-6-4-17(33-21)24(27,28)29/h4,6-10,15,18,36H,3,5,11H2,1-2H3,(H,34,35)(H,30,32,33). The number of aromatic nitrogens is 3. The summed E-state index contributed by atoms with van der Waals surface area (Å²) in [6.07, 6.45) is -4.66. The first-order valence-electron chi connectivity index (χ1n) is 11.2. The molecular formula is C24H23F5N4O3S. The van der Waals surface area contributed by atoms with E-state index >= 15 is 0 Å². The average molecular weight is 543 g/mol. The maximum absolute atomic E-state index is 13.6. The van der Waals surface area contributed by atoms with E-state index in [4.69, 9.17) is 0 Å². The smallest absolute Gasteiger partial charge is 0.433 e. The van der Waals surface area contributed by atoms with E-state index in [9.17, 15) is 37.0 Å². The number of rotatable bonds is 6. The van der Waals surface area contributed by atoms with E-state index in [0.29, 0.717) is 21.5 Å². The number of hydrogen-bond donors (Lipinski definition) is 3. The van der Waals surface area contributed by atoms with Gasteiger partial charge in [-0.1, -0.05) is 13.8 Å². The molecule has 1 aliphatic rings. The van der Waals surface area contributed by atoms with Crippen LogP contribution in [0.2, 0.25) is 0 Å². The zero-order valence-electron chi connectivity index (χ0n) is 19.7. The molecule has 0 saturated heterocycles. The van der Waals surface area contributed by atoms with Gasteiger partial charge in [-0.3, -0.25) is 4.79 Å². The first-order chi connectivity index (χ1) is 17.2. The topological polar surface area (TPSA) is 108 Å². The molecule has 0 amide bonds. The Bertz CT molecular complexity index is 1310. The molecule has 198 valence electrons. The van der Waals surface area contributed by atoms with Gasteiger partial charge in [-0.2, -0.15) is 13.2 Å². The quantitative estimate of drug-likeness (QED) is 0.310. The van der Waals surface area contributed by atoms with E-state index in [1.54, 1.807) is 13.8 Å². The third-order valence-corrected chi connectivity index (χ3v) is 7.67. The van der Waals surface area contributed by atoms with Crippen molar-refractivity contribution in [3.8, 4) is 10.4 Å². The number of carbonyl (C=O) groups is 1. The molecule has 2 atom stereocenters. The van der Waals surface area contributed by atoms with Crippen LogP contribution in [0, 0.1) is 11.3 Å². The number of hydrogen-bond acceptors (Lipinski definition) is 7. The molecule has 0 bridgehead atoms. The Morgan fingerprint density at radius 1 is 1.22 bits per heavy atom. The fourth-order valence-corrected chi connectivity index (χ4v) is 5.72. The third kappa shape index (κ3) is 5.72. The zero-order chi connectivity index (χ0) is 27.2. The molecule has 2 heterocycles. The van der Waals surface area contributed by atoms with Crippen LogP contribution in [0.25, 0.3) is 10.4 Å². The monoisotopic (exact) mass is 542 g/mol. The number of aliphatic carboxylic acids is 1. The molecule has 2 unspecified atom stereocenters. The van der Waals surface area contributed by atoms with E-state index < -0.39 is 47.1 Å². The van der Waals surface area contributed by atoms with Crippen LogP contribution in [0.5, 0.6) is 0 Å². The van der Waals surface area contributed by atoms with Crippen LogP contribution in [0.4, 0.5) is 33.6 Å². The van der Waals surface area contributed by atoms with Crippen LogP contribution in [0.3, 0.4) is 0 Å². The maximum Gasteiger partial charge on any atom is 0.433 e. The summed E-state index contributed by atoms with van der Waals surface area (Å²) < 4.78 is 66.2. The average Bonchev–Trinajstić information content (AvgIpc) is 3.29. The fourth-order valence-electron chi connectivity index (χ4n) is 4.70. The summed E-state index contributed by atoms with van der Waals surface area (Å²) in [6, 6.07) is 4.46. The molecule has 0 aliphatic heterocycles. The second-order valence-electron chi connectivity index (χ2n) is 9.69. The van der Waals surface area contributed by atoms with Gasteiger partial charge in [0.25, 0.3) is 6.43 Å². The Balaban J connectivity index is 1.65. The van der Waals surface area contributed by atoms with Crippen molar-refractivity contribution in [1.29, 1.82) is 0 Å². The normalized spacial score (nSPS) is 21.7. The van der Waals surface area contributed by atoms with Gasteiger partial charge in [0.15, 0.2) is 0 Å². The van der Waals surface area contributed by atoms with E-state index in [-0.39, 0.29) is 30.5 Å². The van der Waals surface area contributed by atoms with Gasteiger partial charge in [0.2, 0.25) is 5.95 Å². The van der Waals surface area contributed by atoms with Crippen molar-refractivity contribution in [2.75, 3.05) is 5.32 Å². The number of anilines is 2. The lowest BCUT2D eigenvalue weighted by Gasteiger charge is -2.44. The van der Waals surface area contributed by atoms with E-state index in [2.05, 4.69) is 20.3 Å². The lowest BCUT2D eigenvalue weighted by atomic mass is 9.63. The molecule has 7 nitrogen and oxygen atoms in total. The Labute approximate surface area is 212 Å². The highest BCUT2D eigenvalue weighted by molar-refractivity contribution is 7.15. The molecule has 1 aliphatic carbocycles. The zero-order valence-corrected chi connectivity index (χ0v) is 20.5. The molecule has 4 rings (SSSR count). The Morgan fingerprint density at radius 2 is 1.95 bits per heavy atom. The number of benzene rings is 1. The summed E-state index contributed by atoms with van der Waals surface area (Å²) in [5.41, 5.74) is -3.31. The Morgan fingerprint density at radius 3 is 2.57 bits per heavy atom. The van der Waals surface area contributed by atoms with Gasteiger partial charge in [-0.05, 0) is 54.5 Å². The number of carboxylic acid groups (broad SMARTS) is 1. The first kappa shape index (κ1) is 26.9. The summed E-state index contributed by atoms with van der Waals surface area (Å²) in [6.45, 7) is 3.54. The van der Waals surface area contributed by atoms with E-state index in [1.165, 1.54) is 18.3 Å². The van der Waals surface area contributed by atoms with Gasteiger partial charge in [-0.15, -0.1) is 11.3 Å². The largest absolute Gasteiger partial charge is 0.481 e. The Hall–Kier alpha value is -3.19. The molecule has 3 aromatic rings. The number of alkyl halides is 5. The predicted octanol–water partition coefficient (Wildman–Crippen LogP) is 6.40. The number of halogens is 5. The van der Waals surface area contributed by atoms with Gasteiger partial charge >= 0.3 is 12.1 Å². The lowest BCUT2D eigenvalue weighted by Crippen LogP contribution is -2.44.